The summed E-state index contributed by atoms with van der Waals surface area (Å²) in [5, 5.41) is 1.28. The van der Waals surface area contributed by atoms with Gasteiger partial charge in [-0.15, -0.1) is 0 Å². The first kappa shape index (κ1) is 19.6. The molecule has 0 atom stereocenters. The minimum absolute atomic E-state index is 0.288. The molecule has 0 radical (unpaired) electrons. The van der Waals surface area contributed by atoms with E-state index in [1.807, 2.05) is 12.1 Å². The van der Waals surface area contributed by atoms with Crippen molar-refractivity contribution in [1.82, 2.24) is 0 Å². The van der Waals surface area contributed by atoms with Gasteiger partial charge in [0.1, 0.15) is 11.5 Å². The van der Waals surface area contributed by atoms with E-state index in [0.29, 0.717) is 33.4 Å². The van der Waals surface area contributed by atoms with E-state index in [1.54, 1.807) is 53.7 Å². The Hall–Kier alpha value is -2.76. The van der Waals surface area contributed by atoms with Crippen molar-refractivity contribution in [2.24, 2.45) is 0 Å². The van der Waals surface area contributed by atoms with Crippen LogP contribution in [-0.2, 0) is 9.47 Å². The summed E-state index contributed by atoms with van der Waals surface area (Å²) in [7, 11) is 0. The normalized spacial score (nSPS) is 10.9. The zero-order chi connectivity index (χ0) is 19.4. The van der Waals surface area contributed by atoms with Gasteiger partial charge in [0.25, 0.3) is 0 Å². The van der Waals surface area contributed by atoms with E-state index in [0.717, 1.165) is 0 Å². The van der Waals surface area contributed by atoms with Crippen molar-refractivity contribution in [3.8, 4) is 11.5 Å². The van der Waals surface area contributed by atoms with Gasteiger partial charge < -0.3 is 18.9 Å². The van der Waals surface area contributed by atoms with Crippen LogP contribution in [0.3, 0.4) is 0 Å². The lowest BCUT2D eigenvalue weighted by Gasteiger charge is -2.18. The van der Waals surface area contributed by atoms with Crippen LogP contribution in [0.4, 0.5) is 9.59 Å². The summed E-state index contributed by atoms with van der Waals surface area (Å²) < 4.78 is 21.0. The van der Waals surface area contributed by atoms with Gasteiger partial charge in [0.05, 0.1) is 12.2 Å². The van der Waals surface area contributed by atoms with Gasteiger partial charge in [0, 0.05) is 10.8 Å². The smallest absolute Gasteiger partial charge is 0.431 e. The average molecular weight is 360 g/mol. The quantitative estimate of drug-likeness (QED) is 0.544. The number of carbonyl (C=O) groups is 2. The lowest BCUT2D eigenvalue weighted by atomic mass is 9.99. The zero-order valence-electron chi connectivity index (χ0n) is 15.9. The molecule has 0 aliphatic rings. The minimum atomic E-state index is -0.777. The standard InChI is InChI=1S/C20H24O6/c1-11(2)23-19(21)25-17-13(5)14(6)18(26-20(22)24-12(3)4)16-10-8-7-9-15(16)17/h7-12H,1-6H3. The van der Waals surface area contributed by atoms with Gasteiger partial charge in [-0.25, -0.2) is 9.59 Å². The van der Waals surface area contributed by atoms with Gasteiger partial charge in [-0.2, -0.15) is 0 Å². The molecule has 140 valence electrons. The van der Waals surface area contributed by atoms with E-state index < -0.39 is 12.3 Å². The Morgan fingerprint density at radius 1 is 0.731 bits per heavy atom. The maximum atomic E-state index is 12.0. The van der Waals surface area contributed by atoms with Crippen LogP contribution in [0.5, 0.6) is 11.5 Å². The fourth-order valence-corrected chi connectivity index (χ4v) is 2.49. The molecule has 2 aromatic rings. The molecule has 6 nitrogen and oxygen atoms in total. The van der Waals surface area contributed by atoms with Crippen LogP contribution in [0.15, 0.2) is 24.3 Å². The van der Waals surface area contributed by atoms with Gasteiger partial charge in [-0.05, 0) is 52.7 Å². The molecule has 0 bridgehead atoms. The van der Waals surface area contributed by atoms with Gasteiger partial charge >= 0.3 is 12.3 Å². The maximum absolute atomic E-state index is 12.0. The van der Waals surface area contributed by atoms with Crippen molar-refractivity contribution >= 4 is 23.1 Å². The molecule has 0 aromatic heterocycles. The summed E-state index contributed by atoms with van der Waals surface area (Å²) in [6, 6.07) is 7.21. The molecule has 0 heterocycles. The van der Waals surface area contributed by atoms with E-state index in [-0.39, 0.29) is 12.2 Å². The summed E-state index contributed by atoms with van der Waals surface area (Å²) in [4.78, 5) is 23.9. The van der Waals surface area contributed by atoms with Crippen LogP contribution in [0.1, 0.15) is 38.8 Å². The number of fused-ring (bicyclic) bond motifs is 1. The summed E-state index contributed by atoms with van der Waals surface area (Å²) in [6.07, 6.45) is -2.13. The van der Waals surface area contributed by atoms with Gasteiger partial charge in [0.15, 0.2) is 0 Å². The van der Waals surface area contributed by atoms with E-state index in [4.69, 9.17) is 18.9 Å². The first-order chi connectivity index (χ1) is 12.2. The van der Waals surface area contributed by atoms with Crippen LogP contribution < -0.4 is 9.47 Å². The maximum Gasteiger partial charge on any atom is 0.514 e. The molecule has 2 aromatic carbocycles. The second-order valence-corrected chi connectivity index (χ2v) is 6.49. The molecule has 0 aliphatic carbocycles. The van der Waals surface area contributed by atoms with Gasteiger partial charge in [-0.1, -0.05) is 24.3 Å². The molecule has 0 spiro atoms. The Bertz CT molecular complexity index is 754. The highest BCUT2D eigenvalue weighted by Crippen LogP contribution is 2.40. The Morgan fingerprint density at radius 2 is 1.08 bits per heavy atom. The van der Waals surface area contributed by atoms with Crippen LogP contribution >= 0.6 is 0 Å². The van der Waals surface area contributed by atoms with E-state index >= 15 is 0 Å². The fraction of sp³-hybridized carbons (Fsp3) is 0.400. The molecule has 26 heavy (non-hydrogen) atoms. The predicted octanol–water partition coefficient (Wildman–Crippen LogP) is 5.30. The third-order valence-corrected chi connectivity index (χ3v) is 3.69. The van der Waals surface area contributed by atoms with Crippen molar-refractivity contribution in [3.63, 3.8) is 0 Å². The molecule has 0 amide bonds. The molecule has 6 heteroatoms. The average Bonchev–Trinajstić information content (AvgIpc) is 2.54. The SMILES string of the molecule is Cc1c(C)c(OC(=O)OC(C)C)c2ccccc2c1OC(=O)OC(C)C. The van der Waals surface area contributed by atoms with Crippen molar-refractivity contribution in [2.75, 3.05) is 0 Å². The number of ether oxygens (including phenoxy) is 4. The topological polar surface area (TPSA) is 71.1 Å². The van der Waals surface area contributed by atoms with E-state index in [9.17, 15) is 9.59 Å². The number of hydrogen-bond donors (Lipinski definition) is 0. The number of hydrogen-bond acceptors (Lipinski definition) is 6. The lowest BCUT2D eigenvalue weighted by Crippen LogP contribution is -2.18. The van der Waals surface area contributed by atoms with Crippen LogP contribution in [0, 0.1) is 13.8 Å². The molecule has 0 saturated heterocycles. The van der Waals surface area contributed by atoms with Crippen molar-refractivity contribution in [2.45, 2.75) is 53.8 Å². The molecule has 0 N–H and O–H groups in total. The van der Waals surface area contributed by atoms with Crippen molar-refractivity contribution in [3.05, 3.63) is 35.4 Å². The van der Waals surface area contributed by atoms with Crippen molar-refractivity contribution in [1.29, 1.82) is 0 Å². The Morgan fingerprint density at radius 3 is 1.38 bits per heavy atom. The molecular formula is C20H24O6. The second-order valence-electron chi connectivity index (χ2n) is 6.49. The number of rotatable bonds is 4. The lowest BCUT2D eigenvalue weighted by molar-refractivity contribution is 0.0709. The first-order valence-electron chi connectivity index (χ1n) is 8.49. The molecule has 0 aliphatic heterocycles. The summed E-state index contributed by atoms with van der Waals surface area (Å²) in [6.45, 7) is 10.6. The summed E-state index contributed by atoms with van der Waals surface area (Å²) >= 11 is 0. The number of carbonyl (C=O) groups excluding carboxylic acids is 2. The Kier molecular flexibility index (Phi) is 6.08. The van der Waals surface area contributed by atoms with Crippen LogP contribution in [-0.4, -0.2) is 24.5 Å². The molecule has 0 saturated carbocycles. The first-order valence-corrected chi connectivity index (χ1v) is 8.49. The second kappa shape index (κ2) is 8.08. The molecule has 0 unspecified atom stereocenters. The fourth-order valence-electron chi connectivity index (χ4n) is 2.49. The van der Waals surface area contributed by atoms with Crippen molar-refractivity contribution < 1.29 is 28.5 Å². The predicted molar refractivity (Wildman–Crippen MR) is 97.9 cm³/mol. The van der Waals surface area contributed by atoms with Gasteiger partial charge in [-0.3, -0.25) is 0 Å². The summed E-state index contributed by atoms with van der Waals surface area (Å²) in [5.74, 6) is 0.765. The third-order valence-electron chi connectivity index (χ3n) is 3.69. The summed E-state index contributed by atoms with van der Waals surface area (Å²) in [5.41, 5.74) is 1.36. The number of benzene rings is 2. The largest absolute Gasteiger partial charge is 0.514 e. The highest BCUT2D eigenvalue weighted by Gasteiger charge is 2.22. The van der Waals surface area contributed by atoms with Crippen LogP contribution in [0.25, 0.3) is 10.8 Å². The molecule has 0 fully saturated rings. The van der Waals surface area contributed by atoms with Gasteiger partial charge in [0.2, 0.25) is 0 Å². The molecule has 2 rings (SSSR count). The highest BCUT2D eigenvalue weighted by molar-refractivity contribution is 5.98. The monoisotopic (exact) mass is 360 g/mol. The third kappa shape index (κ3) is 4.45. The minimum Gasteiger partial charge on any atom is -0.431 e. The molecular weight excluding hydrogens is 336 g/mol. The Balaban J connectivity index is 2.50. The van der Waals surface area contributed by atoms with Crippen LogP contribution in [0.2, 0.25) is 0 Å². The Labute approximate surface area is 153 Å². The zero-order valence-corrected chi connectivity index (χ0v) is 15.9. The van der Waals surface area contributed by atoms with E-state index in [1.165, 1.54) is 0 Å². The van der Waals surface area contributed by atoms with E-state index in [2.05, 4.69) is 0 Å². The highest BCUT2D eigenvalue weighted by atomic mass is 16.7.